The second-order valence-electron chi connectivity index (χ2n) is 7.41. The van der Waals surface area contributed by atoms with Gasteiger partial charge in [-0.3, -0.25) is 9.78 Å². The molecule has 3 heterocycles. The molecule has 0 saturated heterocycles. The first-order valence-electron chi connectivity index (χ1n) is 10.0. The number of halogens is 2. The minimum absolute atomic E-state index is 0.00402. The molecule has 0 spiro atoms. The van der Waals surface area contributed by atoms with E-state index in [1.54, 1.807) is 30.6 Å². The van der Waals surface area contributed by atoms with Crippen molar-refractivity contribution >= 4 is 28.5 Å². The third kappa shape index (κ3) is 4.20. The Morgan fingerprint density at radius 3 is 2.55 bits per heavy atom. The van der Waals surface area contributed by atoms with Crippen LogP contribution in [-0.2, 0) is 11.3 Å². The van der Waals surface area contributed by atoms with Crippen LogP contribution in [-0.4, -0.2) is 30.8 Å². The minimum atomic E-state index is -0.871. The summed E-state index contributed by atoms with van der Waals surface area (Å²) < 4.78 is 20.4. The molecular formula is C24H16ClFN4O3. The minimum Gasteiger partial charge on any atom is -0.481 e. The van der Waals surface area contributed by atoms with Crippen LogP contribution in [0.15, 0.2) is 71.5 Å². The zero-order valence-corrected chi connectivity index (χ0v) is 17.8. The Morgan fingerprint density at radius 2 is 1.82 bits per heavy atom. The van der Waals surface area contributed by atoms with Gasteiger partial charge in [-0.2, -0.15) is 4.98 Å². The highest BCUT2D eigenvalue weighted by Crippen LogP contribution is 2.31. The van der Waals surface area contributed by atoms with Crippen LogP contribution in [0.2, 0.25) is 5.02 Å². The summed E-state index contributed by atoms with van der Waals surface area (Å²) >= 11 is 6.37. The monoisotopic (exact) mass is 462 g/mol. The van der Waals surface area contributed by atoms with Crippen LogP contribution < -0.4 is 0 Å². The molecule has 7 nitrogen and oxygen atoms in total. The van der Waals surface area contributed by atoms with E-state index in [0.717, 1.165) is 16.5 Å². The van der Waals surface area contributed by atoms with Crippen molar-refractivity contribution in [1.29, 1.82) is 0 Å². The standard InChI is InChI=1S/C24H16ClFN4O3/c25-19-13-30(10-9-22(31)32)21-8-4-15(11-18(19)21)23-28-24(33-29-23)16-3-7-20(27-12-16)14-1-5-17(26)6-2-14/h1-8,11-13H,9-10H2,(H,31,32). The SMILES string of the molecule is O=C(O)CCn1cc(Cl)c2cc(-c3noc(-c4ccc(-c5ccc(F)cc5)nc4)n3)ccc21. The lowest BCUT2D eigenvalue weighted by atomic mass is 10.1. The maximum Gasteiger partial charge on any atom is 0.305 e. The van der Waals surface area contributed by atoms with Gasteiger partial charge < -0.3 is 14.2 Å². The number of hydrogen-bond donors (Lipinski definition) is 1. The Morgan fingerprint density at radius 1 is 1.06 bits per heavy atom. The van der Waals surface area contributed by atoms with Gasteiger partial charge in [0.25, 0.3) is 5.89 Å². The number of nitrogens with zero attached hydrogens (tertiary/aromatic N) is 4. The topological polar surface area (TPSA) is 94.0 Å². The van der Waals surface area contributed by atoms with E-state index in [0.29, 0.717) is 40.1 Å². The number of aliphatic carboxylic acids is 1. The summed E-state index contributed by atoms with van der Waals surface area (Å²) in [7, 11) is 0. The Hall–Kier alpha value is -4.04. The molecular weight excluding hydrogens is 447 g/mol. The zero-order chi connectivity index (χ0) is 22.9. The van der Waals surface area contributed by atoms with Gasteiger partial charge in [0.1, 0.15) is 5.82 Å². The van der Waals surface area contributed by atoms with Crippen LogP contribution in [0.5, 0.6) is 0 Å². The number of aromatic nitrogens is 4. The molecule has 164 valence electrons. The van der Waals surface area contributed by atoms with Crippen LogP contribution in [0.1, 0.15) is 6.42 Å². The Labute approximate surface area is 192 Å². The maximum absolute atomic E-state index is 13.1. The Balaban J connectivity index is 1.40. The largest absolute Gasteiger partial charge is 0.481 e. The van der Waals surface area contributed by atoms with Crippen LogP contribution >= 0.6 is 11.6 Å². The highest BCUT2D eigenvalue weighted by atomic mass is 35.5. The molecule has 0 aliphatic rings. The Bertz CT molecular complexity index is 1460. The molecule has 0 saturated carbocycles. The molecule has 0 fully saturated rings. The zero-order valence-electron chi connectivity index (χ0n) is 17.1. The molecule has 2 aromatic carbocycles. The van der Waals surface area contributed by atoms with Gasteiger partial charge >= 0.3 is 5.97 Å². The van der Waals surface area contributed by atoms with Crippen molar-refractivity contribution < 1.29 is 18.8 Å². The summed E-state index contributed by atoms with van der Waals surface area (Å²) in [6.45, 7) is 0.325. The first kappa shape index (κ1) is 20.8. The first-order valence-corrected chi connectivity index (χ1v) is 10.4. The number of aryl methyl sites for hydroxylation is 1. The first-order chi connectivity index (χ1) is 16.0. The van der Waals surface area contributed by atoms with Crippen molar-refractivity contribution in [3.05, 3.63) is 77.8 Å². The van der Waals surface area contributed by atoms with Crippen molar-refractivity contribution in [3.63, 3.8) is 0 Å². The van der Waals surface area contributed by atoms with Gasteiger partial charge in [-0.1, -0.05) is 16.8 Å². The Kier molecular flexibility index (Phi) is 5.35. The lowest BCUT2D eigenvalue weighted by Gasteiger charge is -2.03. The van der Waals surface area contributed by atoms with E-state index in [1.165, 1.54) is 12.1 Å². The van der Waals surface area contributed by atoms with Gasteiger partial charge in [0.2, 0.25) is 5.82 Å². The molecule has 0 atom stereocenters. The normalized spacial score (nSPS) is 11.2. The summed E-state index contributed by atoms with van der Waals surface area (Å²) in [6, 6.07) is 15.3. The number of pyridine rings is 1. The highest BCUT2D eigenvalue weighted by Gasteiger charge is 2.15. The van der Waals surface area contributed by atoms with E-state index < -0.39 is 5.97 Å². The van der Waals surface area contributed by atoms with Gasteiger partial charge in [-0.15, -0.1) is 0 Å². The second-order valence-corrected chi connectivity index (χ2v) is 7.82. The van der Waals surface area contributed by atoms with Gasteiger partial charge in [0.15, 0.2) is 0 Å². The van der Waals surface area contributed by atoms with Crippen LogP contribution in [0.25, 0.3) is 45.0 Å². The highest BCUT2D eigenvalue weighted by molar-refractivity contribution is 6.35. The summed E-state index contributed by atoms with van der Waals surface area (Å²) in [5, 5.41) is 14.3. The molecule has 5 aromatic rings. The van der Waals surface area contributed by atoms with E-state index >= 15 is 0 Å². The average Bonchev–Trinajstić information content (AvgIpc) is 3.43. The molecule has 9 heteroatoms. The third-order valence-electron chi connectivity index (χ3n) is 5.23. The van der Waals surface area contributed by atoms with Crippen molar-refractivity contribution in [3.8, 4) is 34.1 Å². The fourth-order valence-corrected chi connectivity index (χ4v) is 3.83. The molecule has 0 unspecified atom stereocenters. The predicted octanol–water partition coefficient (Wildman–Crippen LogP) is 5.69. The fraction of sp³-hybridized carbons (Fsp3) is 0.0833. The van der Waals surface area contributed by atoms with Crippen molar-refractivity contribution in [2.75, 3.05) is 0 Å². The number of rotatable bonds is 6. The van der Waals surface area contributed by atoms with Crippen LogP contribution in [0.3, 0.4) is 0 Å². The van der Waals surface area contributed by atoms with Crippen LogP contribution in [0, 0.1) is 5.82 Å². The molecule has 0 radical (unpaired) electrons. The number of hydrogen-bond acceptors (Lipinski definition) is 5. The van der Waals surface area contributed by atoms with Crippen molar-refractivity contribution in [2.24, 2.45) is 0 Å². The smallest absolute Gasteiger partial charge is 0.305 e. The van der Waals surface area contributed by atoms with Gasteiger partial charge in [-0.05, 0) is 54.6 Å². The number of carboxylic acid groups (broad SMARTS) is 1. The van der Waals surface area contributed by atoms with E-state index in [4.69, 9.17) is 21.2 Å². The molecule has 3 aromatic heterocycles. The van der Waals surface area contributed by atoms with E-state index in [2.05, 4.69) is 15.1 Å². The number of fused-ring (bicyclic) bond motifs is 1. The third-order valence-corrected chi connectivity index (χ3v) is 5.53. The second kappa shape index (κ2) is 8.48. The number of carbonyl (C=O) groups is 1. The number of carboxylic acids is 1. The number of benzene rings is 2. The fourth-order valence-electron chi connectivity index (χ4n) is 3.56. The van der Waals surface area contributed by atoms with E-state index in [1.807, 2.05) is 28.8 Å². The molecule has 33 heavy (non-hydrogen) atoms. The van der Waals surface area contributed by atoms with Gasteiger partial charge in [0.05, 0.1) is 22.7 Å². The van der Waals surface area contributed by atoms with Crippen molar-refractivity contribution in [1.82, 2.24) is 19.7 Å². The molecule has 0 amide bonds. The van der Waals surface area contributed by atoms with E-state index in [9.17, 15) is 9.18 Å². The summed E-state index contributed by atoms with van der Waals surface area (Å²) in [4.78, 5) is 19.8. The summed E-state index contributed by atoms with van der Waals surface area (Å²) in [5.74, 6) is -0.466. The van der Waals surface area contributed by atoms with E-state index in [-0.39, 0.29) is 12.2 Å². The average molecular weight is 463 g/mol. The molecule has 0 aliphatic heterocycles. The lowest BCUT2D eigenvalue weighted by Crippen LogP contribution is -2.03. The quantitative estimate of drug-likeness (QED) is 0.348. The summed E-state index contributed by atoms with van der Waals surface area (Å²) in [6.07, 6.45) is 3.34. The lowest BCUT2D eigenvalue weighted by molar-refractivity contribution is -0.137. The van der Waals surface area contributed by atoms with Gasteiger partial charge in [-0.25, -0.2) is 4.39 Å². The maximum atomic E-state index is 13.1. The molecule has 0 aliphatic carbocycles. The summed E-state index contributed by atoms with van der Waals surface area (Å²) in [5.41, 5.74) is 3.69. The van der Waals surface area contributed by atoms with Gasteiger partial charge in [0, 0.05) is 41.0 Å². The predicted molar refractivity (Wildman–Crippen MR) is 121 cm³/mol. The van der Waals surface area contributed by atoms with Crippen LogP contribution in [0.4, 0.5) is 4.39 Å². The van der Waals surface area contributed by atoms with Crippen molar-refractivity contribution in [2.45, 2.75) is 13.0 Å². The molecule has 5 rings (SSSR count). The molecule has 1 N–H and O–H groups in total. The molecule has 0 bridgehead atoms.